The number of hydrogen-bond donors (Lipinski definition) is 0. The summed E-state index contributed by atoms with van der Waals surface area (Å²) in [7, 11) is 0. The number of hydrogen-bond acceptors (Lipinski definition) is 7. The van der Waals surface area contributed by atoms with Crippen LogP contribution in [0.2, 0.25) is 0 Å². The number of esters is 3. The van der Waals surface area contributed by atoms with Crippen LogP contribution in [0.5, 0.6) is 0 Å². The van der Waals surface area contributed by atoms with Crippen molar-refractivity contribution in [3.63, 3.8) is 0 Å². The lowest BCUT2D eigenvalue weighted by Gasteiger charge is -2.38. The van der Waals surface area contributed by atoms with Crippen LogP contribution < -0.4 is 0 Å². The van der Waals surface area contributed by atoms with Gasteiger partial charge >= 0.3 is 17.9 Å². The highest BCUT2D eigenvalue weighted by molar-refractivity contribution is 9.09. The van der Waals surface area contributed by atoms with Gasteiger partial charge in [-0.3, -0.25) is 14.4 Å². The molecule has 0 saturated carbocycles. The van der Waals surface area contributed by atoms with Gasteiger partial charge < -0.3 is 18.9 Å². The third-order valence-corrected chi connectivity index (χ3v) is 3.08. The predicted octanol–water partition coefficient (Wildman–Crippen LogP) is 0.533. The van der Waals surface area contributed by atoms with Crippen LogP contribution >= 0.6 is 15.9 Å². The Morgan fingerprint density at radius 3 is 1.89 bits per heavy atom. The van der Waals surface area contributed by atoms with E-state index in [1.807, 2.05) is 0 Å². The van der Waals surface area contributed by atoms with E-state index in [9.17, 15) is 14.4 Å². The zero-order chi connectivity index (χ0) is 14.6. The number of rotatable bonds is 3. The second kappa shape index (κ2) is 6.85. The number of halogens is 1. The van der Waals surface area contributed by atoms with Crippen LogP contribution in [0, 0.1) is 0 Å². The van der Waals surface area contributed by atoms with Gasteiger partial charge in [-0.25, -0.2) is 0 Å². The highest BCUT2D eigenvalue weighted by Gasteiger charge is 2.45. The van der Waals surface area contributed by atoms with Crippen molar-refractivity contribution in [2.24, 2.45) is 0 Å². The minimum atomic E-state index is -0.913. The Kier molecular flexibility index (Phi) is 5.74. The maximum Gasteiger partial charge on any atom is 0.303 e. The molecule has 0 radical (unpaired) electrons. The van der Waals surface area contributed by atoms with Crippen molar-refractivity contribution in [2.45, 2.75) is 44.1 Å². The molecule has 0 N–H and O–H groups in total. The Morgan fingerprint density at radius 2 is 1.42 bits per heavy atom. The van der Waals surface area contributed by atoms with Crippen LogP contribution in [0.4, 0.5) is 0 Å². The Bertz CT molecular complexity index is 370. The fourth-order valence-electron chi connectivity index (χ4n) is 1.70. The van der Waals surface area contributed by atoms with Crippen molar-refractivity contribution in [3.8, 4) is 0 Å². The van der Waals surface area contributed by atoms with E-state index in [-0.39, 0.29) is 6.61 Å². The molecule has 1 rings (SSSR count). The molecule has 1 heterocycles. The average molecular weight is 339 g/mol. The zero-order valence-electron chi connectivity index (χ0n) is 10.8. The summed E-state index contributed by atoms with van der Waals surface area (Å²) < 4.78 is 20.4. The van der Waals surface area contributed by atoms with E-state index < -0.39 is 41.2 Å². The van der Waals surface area contributed by atoms with Crippen LogP contribution in [-0.2, 0) is 33.3 Å². The van der Waals surface area contributed by atoms with Crippen molar-refractivity contribution in [1.29, 1.82) is 0 Å². The Hall–Kier alpha value is -1.15. The highest BCUT2D eigenvalue weighted by atomic mass is 79.9. The topological polar surface area (TPSA) is 88.1 Å². The first-order valence-electron chi connectivity index (χ1n) is 5.58. The maximum atomic E-state index is 11.1. The molecule has 0 aliphatic carbocycles. The molecule has 0 bridgehead atoms. The molecule has 0 aromatic carbocycles. The molecule has 1 fully saturated rings. The van der Waals surface area contributed by atoms with E-state index in [0.29, 0.717) is 0 Å². The van der Waals surface area contributed by atoms with E-state index in [1.54, 1.807) is 0 Å². The standard InChI is InChI=1S/C11H15BrO7/c1-5(13)17-8-4-16-11(12)10(19-7(3)15)9(8)18-6(2)14/h8-11H,4H2,1-3H3/t8-,9-,10+,11?/m0/s1. The first-order valence-corrected chi connectivity index (χ1v) is 6.50. The molecule has 1 unspecified atom stereocenters. The summed E-state index contributed by atoms with van der Waals surface area (Å²) in [5.41, 5.74) is 0. The smallest absolute Gasteiger partial charge is 0.303 e. The first-order chi connectivity index (χ1) is 8.81. The summed E-state index contributed by atoms with van der Waals surface area (Å²) in [5.74, 6) is -1.67. The van der Waals surface area contributed by atoms with Crippen LogP contribution in [0.3, 0.4) is 0 Å². The molecule has 1 aliphatic heterocycles. The lowest BCUT2D eigenvalue weighted by atomic mass is 10.1. The van der Waals surface area contributed by atoms with Crippen molar-refractivity contribution in [2.75, 3.05) is 6.61 Å². The summed E-state index contributed by atoms with van der Waals surface area (Å²) in [4.78, 5) is 33.2. The molecule has 19 heavy (non-hydrogen) atoms. The molecule has 0 amide bonds. The van der Waals surface area contributed by atoms with E-state index in [1.165, 1.54) is 20.8 Å². The second-order valence-corrected chi connectivity index (χ2v) is 4.88. The van der Waals surface area contributed by atoms with Gasteiger partial charge in [-0.1, -0.05) is 15.9 Å². The summed E-state index contributed by atoms with van der Waals surface area (Å²) in [6, 6.07) is 0. The van der Waals surface area contributed by atoms with Gasteiger partial charge in [0.1, 0.15) is 0 Å². The maximum absolute atomic E-state index is 11.1. The minimum absolute atomic E-state index is 0.0329. The first kappa shape index (κ1) is 15.9. The van der Waals surface area contributed by atoms with Gasteiger partial charge in [0.05, 0.1) is 6.61 Å². The molecule has 1 aliphatic rings. The summed E-state index contributed by atoms with van der Waals surface area (Å²) in [6.45, 7) is 3.70. The van der Waals surface area contributed by atoms with Gasteiger partial charge in [-0.2, -0.15) is 0 Å². The Balaban J connectivity index is 2.89. The molecule has 1 saturated heterocycles. The second-order valence-electron chi connectivity index (χ2n) is 3.98. The SMILES string of the molecule is CC(=O)O[C@H]1[C@@H](OC(C)=O)COC(Br)[C@@H]1OC(C)=O. The summed E-state index contributed by atoms with van der Waals surface area (Å²) >= 11 is 3.18. The summed E-state index contributed by atoms with van der Waals surface area (Å²) in [5, 5.41) is -0.646. The average Bonchev–Trinajstić information content (AvgIpc) is 2.25. The van der Waals surface area contributed by atoms with Crippen LogP contribution in [0.15, 0.2) is 0 Å². The number of ether oxygens (including phenoxy) is 4. The number of carbonyl (C=O) groups excluding carboxylic acids is 3. The van der Waals surface area contributed by atoms with E-state index in [2.05, 4.69) is 15.9 Å². The molecule has 7 nitrogen and oxygen atoms in total. The highest BCUT2D eigenvalue weighted by Crippen LogP contribution is 2.27. The van der Waals surface area contributed by atoms with Gasteiger partial charge in [0.15, 0.2) is 23.3 Å². The van der Waals surface area contributed by atoms with Crippen molar-refractivity contribution in [3.05, 3.63) is 0 Å². The van der Waals surface area contributed by atoms with Gasteiger partial charge in [-0.15, -0.1) is 0 Å². The molecule has 8 heteroatoms. The third kappa shape index (κ3) is 4.79. The Morgan fingerprint density at radius 1 is 0.947 bits per heavy atom. The van der Waals surface area contributed by atoms with Gasteiger partial charge in [0.25, 0.3) is 0 Å². The third-order valence-electron chi connectivity index (χ3n) is 2.29. The molecular formula is C11H15BrO7. The largest absolute Gasteiger partial charge is 0.456 e. The lowest BCUT2D eigenvalue weighted by molar-refractivity contribution is -0.212. The molecule has 0 aromatic rings. The molecule has 0 aromatic heterocycles. The predicted molar refractivity (Wildman–Crippen MR) is 65.3 cm³/mol. The number of carbonyl (C=O) groups is 3. The summed E-state index contributed by atoms with van der Waals surface area (Å²) in [6.07, 6.45) is -2.62. The van der Waals surface area contributed by atoms with Crippen molar-refractivity contribution >= 4 is 33.8 Å². The monoisotopic (exact) mass is 338 g/mol. The zero-order valence-corrected chi connectivity index (χ0v) is 12.3. The Labute approximate surface area is 118 Å². The normalized spacial score (nSPS) is 30.3. The van der Waals surface area contributed by atoms with Crippen LogP contribution in [0.25, 0.3) is 0 Å². The minimum Gasteiger partial charge on any atom is -0.456 e. The molecular weight excluding hydrogens is 324 g/mol. The number of alkyl halides is 1. The lowest BCUT2D eigenvalue weighted by Crippen LogP contribution is -2.55. The van der Waals surface area contributed by atoms with Crippen LogP contribution in [-0.4, -0.2) is 47.8 Å². The molecule has 0 spiro atoms. The van der Waals surface area contributed by atoms with Crippen molar-refractivity contribution in [1.82, 2.24) is 0 Å². The quantitative estimate of drug-likeness (QED) is 0.421. The van der Waals surface area contributed by atoms with Crippen molar-refractivity contribution < 1.29 is 33.3 Å². The molecule has 108 valence electrons. The van der Waals surface area contributed by atoms with E-state index in [0.717, 1.165) is 0 Å². The van der Waals surface area contributed by atoms with E-state index in [4.69, 9.17) is 18.9 Å². The van der Waals surface area contributed by atoms with Gasteiger partial charge in [-0.05, 0) is 0 Å². The van der Waals surface area contributed by atoms with Crippen LogP contribution in [0.1, 0.15) is 20.8 Å². The molecule has 4 atom stereocenters. The van der Waals surface area contributed by atoms with Gasteiger partial charge in [0.2, 0.25) is 0 Å². The fourth-order valence-corrected chi connectivity index (χ4v) is 2.26. The van der Waals surface area contributed by atoms with Gasteiger partial charge in [0, 0.05) is 20.8 Å². The fraction of sp³-hybridized carbons (Fsp3) is 0.727. The van der Waals surface area contributed by atoms with E-state index >= 15 is 0 Å².